The largest absolute Gasteiger partial charge is 0.496 e. The molecular weight excluding hydrogens is 351 g/mol. The van der Waals surface area contributed by atoms with Crippen molar-refractivity contribution in [2.24, 2.45) is 0 Å². The Hall–Kier alpha value is -0.900. The third-order valence-corrected chi connectivity index (χ3v) is 3.56. The lowest BCUT2D eigenvalue weighted by Crippen LogP contribution is -1.99. The Labute approximate surface area is 130 Å². The SMILES string of the molecule is COc1ccc(Cl)cc1COc1cc(Br)ccc1Cl. The smallest absolute Gasteiger partial charge is 0.139 e. The highest BCUT2D eigenvalue weighted by molar-refractivity contribution is 9.10. The summed E-state index contributed by atoms with van der Waals surface area (Å²) < 4.78 is 11.9. The van der Waals surface area contributed by atoms with Gasteiger partial charge in [-0.15, -0.1) is 0 Å². The molecule has 100 valence electrons. The Morgan fingerprint density at radius 3 is 2.58 bits per heavy atom. The molecule has 2 nitrogen and oxygen atoms in total. The van der Waals surface area contributed by atoms with Gasteiger partial charge in [0.25, 0.3) is 0 Å². The van der Waals surface area contributed by atoms with Gasteiger partial charge in [0.15, 0.2) is 0 Å². The maximum absolute atomic E-state index is 6.06. The van der Waals surface area contributed by atoms with E-state index in [9.17, 15) is 0 Å². The minimum absolute atomic E-state index is 0.333. The summed E-state index contributed by atoms with van der Waals surface area (Å²) >= 11 is 15.4. The number of benzene rings is 2. The monoisotopic (exact) mass is 360 g/mol. The summed E-state index contributed by atoms with van der Waals surface area (Å²) in [5.74, 6) is 1.34. The molecule has 0 fully saturated rings. The molecule has 5 heteroatoms. The molecule has 0 aliphatic carbocycles. The summed E-state index contributed by atoms with van der Waals surface area (Å²) in [6.45, 7) is 0.333. The number of methoxy groups -OCH3 is 1. The van der Waals surface area contributed by atoms with Crippen molar-refractivity contribution < 1.29 is 9.47 Å². The first-order valence-electron chi connectivity index (χ1n) is 5.50. The highest BCUT2D eigenvalue weighted by Gasteiger charge is 2.07. The van der Waals surface area contributed by atoms with Crippen LogP contribution in [0.4, 0.5) is 0 Å². The van der Waals surface area contributed by atoms with Crippen LogP contribution >= 0.6 is 39.1 Å². The van der Waals surface area contributed by atoms with Crippen LogP contribution in [0.3, 0.4) is 0 Å². The lowest BCUT2D eigenvalue weighted by molar-refractivity contribution is 0.296. The van der Waals surface area contributed by atoms with Gasteiger partial charge in [0.2, 0.25) is 0 Å². The molecule has 0 aliphatic heterocycles. The molecule has 0 saturated heterocycles. The Kier molecular flexibility index (Phi) is 4.97. The van der Waals surface area contributed by atoms with Gasteiger partial charge in [0.05, 0.1) is 12.1 Å². The molecule has 0 aliphatic rings. The topological polar surface area (TPSA) is 18.5 Å². The van der Waals surface area contributed by atoms with E-state index in [1.54, 1.807) is 19.2 Å². The third-order valence-electron chi connectivity index (χ3n) is 2.52. The summed E-state index contributed by atoms with van der Waals surface area (Å²) in [4.78, 5) is 0. The van der Waals surface area contributed by atoms with Gasteiger partial charge in [-0.25, -0.2) is 0 Å². The molecule has 0 aromatic heterocycles. The first kappa shape index (κ1) is 14.5. The van der Waals surface area contributed by atoms with E-state index in [0.29, 0.717) is 22.4 Å². The number of ether oxygens (including phenoxy) is 2. The molecule has 0 atom stereocenters. The number of halogens is 3. The molecule has 0 radical (unpaired) electrons. The van der Waals surface area contributed by atoms with Crippen molar-refractivity contribution >= 4 is 39.1 Å². The maximum atomic E-state index is 6.06. The van der Waals surface area contributed by atoms with E-state index in [0.717, 1.165) is 15.8 Å². The molecule has 0 amide bonds. The predicted molar refractivity (Wildman–Crippen MR) is 81.5 cm³/mol. The Morgan fingerprint density at radius 1 is 1.05 bits per heavy atom. The van der Waals surface area contributed by atoms with E-state index in [-0.39, 0.29) is 0 Å². The zero-order valence-electron chi connectivity index (χ0n) is 10.1. The van der Waals surface area contributed by atoms with Crippen molar-refractivity contribution in [3.63, 3.8) is 0 Å². The highest BCUT2D eigenvalue weighted by atomic mass is 79.9. The Morgan fingerprint density at radius 2 is 1.84 bits per heavy atom. The normalized spacial score (nSPS) is 10.3. The minimum atomic E-state index is 0.333. The van der Waals surface area contributed by atoms with Gasteiger partial charge in [-0.3, -0.25) is 0 Å². The second-order valence-corrected chi connectivity index (χ2v) is 5.58. The fourth-order valence-electron chi connectivity index (χ4n) is 1.60. The first-order chi connectivity index (χ1) is 9.10. The van der Waals surface area contributed by atoms with Crippen molar-refractivity contribution in [3.05, 3.63) is 56.5 Å². The van der Waals surface area contributed by atoms with Crippen molar-refractivity contribution in [3.8, 4) is 11.5 Å². The fraction of sp³-hybridized carbons (Fsp3) is 0.143. The van der Waals surface area contributed by atoms with Gasteiger partial charge in [-0.1, -0.05) is 39.1 Å². The average molecular weight is 362 g/mol. The van der Waals surface area contributed by atoms with Crippen LogP contribution in [0.1, 0.15) is 5.56 Å². The van der Waals surface area contributed by atoms with Gasteiger partial charge < -0.3 is 9.47 Å². The molecule has 0 unspecified atom stereocenters. The predicted octanol–water partition coefficient (Wildman–Crippen LogP) is 5.34. The van der Waals surface area contributed by atoms with E-state index in [1.165, 1.54) is 0 Å². The van der Waals surface area contributed by atoms with Crippen LogP contribution in [0, 0.1) is 0 Å². The highest BCUT2D eigenvalue weighted by Crippen LogP contribution is 2.30. The van der Waals surface area contributed by atoms with Gasteiger partial charge in [0, 0.05) is 15.1 Å². The van der Waals surface area contributed by atoms with Crippen molar-refractivity contribution in [2.75, 3.05) is 7.11 Å². The number of hydrogen-bond donors (Lipinski definition) is 0. The van der Waals surface area contributed by atoms with E-state index in [1.807, 2.05) is 24.3 Å². The second kappa shape index (κ2) is 6.51. The average Bonchev–Trinajstić information content (AvgIpc) is 2.40. The Bertz CT molecular complexity index is 588. The molecule has 2 aromatic rings. The van der Waals surface area contributed by atoms with Gasteiger partial charge >= 0.3 is 0 Å². The summed E-state index contributed by atoms with van der Waals surface area (Å²) in [6.07, 6.45) is 0. The van der Waals surface area contributed by atoms with Crippen LogP contribution in [0.2, 0.25) is 10.0 Å². The van der Waals surface area contributed by atoms with Gasteiger partial charge in [0.1, 0.15) is 18.1 Å². The van der Waals surface area contributed by atoms with E-state index >= 15 is 0 Å². The van der Waals surface area contributed by atoms with Crippen LogP contribution in [0.5, 0.6) is 11.5 Å². The minimum Gasteiger partial charge on any atom is -0.496 e. The Balaban J connectivity index is 2.18. The molecule has 0 heterocycles. The van der Waals surface area contributed by atoms with Crippen molar-refractivity contribution in [1.82, 2.24) is 0 Å². The summed E-state index contributed by atoms with van der Waals surface area (Å²) in [7, 11) is 1.61. The molecule has 0 bridgehead atoms. The van der Waals surface area contributed by atoms with Crippen molar-refractivity contribution in [2.45, 2.75) is 6.61 Å². The van der Waals surface area contributed by atoms with Crippen LogP contribution in [-0.4, -0.2) is 7.11 Å². The second-order valence-electron chi connectivity index (χ2n) is 3.82. The van der Waals surface area contributed by atoms with Gasteiger partial charge in [-0.05, 0) is 36.4 Å². The zero-order chi connectivity index (χ0) is 13.8. The van der Waals surface area contributed by atoms with E-state index in [2.05, 4.69) is 15.9 Å². The first-order valence-corrected chi connectivity index (χ1v) is 7.05. The number of hydrogen-bond acceptors (Lipinski definition) is 2. The summed E-state index contributed by atoms with van der Waals surface area (Å²) in [5, 5.41) is 1.20. The van der Waals surface area contributed by atoms with Crippen LogP contribution in [0.25, 0.3) is 0 Å². The molecule has 0 saturated carbocycles. The van der Waals surface area contributed by atoms with Gasteiger partial charge in [-0.2, -0.15) is 0 Å². The lowest BCUT2D eigenvalue weighted by Gasteiger charge is -2.12. The number of rotatable bonds is 4. The molecule has 2 rings (SSSR count). The van der Waals surface area contributed by atoms with E-state index < -0.39 is 0 Å². The summed E-state index contributed by atoms with van der Waals surface area (Å²) in [5.41, 5.74) is 0.867. The maximum Gasteiger partial charge on any atom is 0.139 e. The molecule has 0 N–H and O–H groups in total. The zero-order valence-corrected chi connectivity index (χ0v) is 13.2. The fourth-order valence-corrected chi connectivity index (χ4v) is 2.31. The van der Waals surface area contributed by atoms with Crippen molar-refractivity contribution in [1.29, 1.82) is 0 Å². The van der Waals surface area contributed by atoms with Crippen LogP contribution in [0.15, 0.2) is 40.9 Å². The molecular formula is C14H11BrCl2O2. The molecule has 0 spiro atoms. The molecule has 2 aromatic carbocycles. The quantitative estimate of drug-likeness (QED) is 0.731. The molecule has 19 heavy (non-hydrogen) atoms. The van der Waals surface area contributed by atoms with Crippen LogP contribution < -0.4 is 9.47 Å². The third kappa shape index (κ3) is 3.78. The summed E-state index contributed by atoms with van der Waals surface area (Å²) in [6, 6.07) is 10.8. The standard InChI is InChI=1S/C14H11BrCl2O2/c1-18-13-5-3-11(16)6-9(13)8-19-14-7-10(15)2-4-12(14)17/h2-7H,8H2,1H3. The van der Waals surface area contributed by atoms with E-state index in [4.69, 9.17) is 32.7 Å². The van der Waals surface area contributed by atoms with Crippen LogP contribution in [-0.2, 0) is 6.61 Å². The lowest BCUT2D eigenvalue weighted by atomic mass is 10.2.